The van der Waals surface area contributed by atoms with Crippen LogP contribution in [0.1, 0.15) is 11.8 Å². The van der Waals surface area contributed by atoms with Crippen molar-refractivity contribution in [2.24, 2.45) is 0 Å². The Kier molecular flexibility index (Phi) is 2.45. The molecule has 1 fully saturated rings. The van der Waals surface area contributed by atoms with Crippen molar-refractivity contribution in [2.45, 2.75) is 12.0 Å². The van der Waals surface area contributed by atoms with Gasteiger partial charge in [0.25, 0.3) is 0 Å². The summed E-state index contributed by atoms with van der Waals surface area (Å²) in [6, 6.07) is 3.54. The van der Waals surface area contributed by atoms with E-state index in [2.05, 4.69) is 10.1 Å². The molecule has 0 amide bonds. The smallest absolute Gasteiger partial charge is 0.238 e. The predicted molar refractivity (Wildman–Crippen MR) is 58.1 cm³/mol. The molecule has 1 aliphatic heterocycles. The quantitative estimate of drug-likeness (QED) is 0.855. The number of aliphatic hydroxyl groups is 1. The van der Waals surface area contributed by atoms with E-state index in [1.807, 2.05) is 0 Å². The summed E-state index contributed by atoms with van der Waals surface area (Å²) >= 11 is 1.69. The van der Waals surface area contributed by atoms with Crippen LogP contribution in [-0.2, 0) is 0 Å². The molecule has 6 heteroatoms. The molecule has 0 bridgehead atoms. The van der Waals surface area contributed by atoms with Gasteiger partial charge in [0.2, 0.25) is 11.7 Å². The second-order valence-corrected chi connectivity index (χ2v) is 4.72. The Balaban J connectivity index is 1.88. The van der Waals surface area contributed by atoms with Crippen LogP contribution in [0.4, 0.5) is 0 Å². The van der Waals surface area contributed by atoms with E-state index >= 15 is 0 Å². The van der Waals surface area contributed by atoms with Gasteiger partial charge >= 0.3 is 0 Å². The number of hydrogen-bond donors (Lipinski definition) is 1. The van der Waals surface area contributed by atoms with E-state index in [9.17, 15) is 5.11 Å². The van der Waals surface area contributed by atoms with Crippen LogP contribution in [0.5, 0.6) is 0 Å². The number of nitrogens with zero attached hydrogens (tertiary/aromatic N) is 2. The first kappa shape index (κ1) is 9.92. The molecule has 0 aromatic carbocycles. The lowest BCUT2D eigenvalue weighted by Crippen LogP contribution is -2.15. The van der Waals surface area contributed by atoms with Crippen molar-refractivity contribution in [3.05, 3.63) is 24.3 Å². The SMILES string of the molecule is OC1CSCC1c1nc(-c2ccco2)no1. The van der Waals surface area contributed by atoms with Gasteiger partial charge < -0.3 is 14.0 Å². The maximum atomic E-state index is 9.71. The van der Waals surface area contributed by atoms with E-state index < -0.39 is 6.10 Å². The Bertz CT molecular complexity index is 468. The van der Waals surface area contributed by atoms with Crippen LogP contribution in [0.2, 0.25) is 0 Å². The van der Waals surface area contributed by atoms with Crippen molar-refractivity contribution in [1.29, 1.82) is 0 Å². The van der Waals surface area contributed by atoms with Crippen LogP contribution in [0, 0.1) is 0 Å². The maximum absolute atomic E-state index is 9.71. The van der Waals surface area contributed by atoms with Gasteiger partial charge in [0.05, 0.1) is 18.3 Å². The second-order valence-electron chi connectivity index (χ2n) is 3.64. The van der Waals surface area contributed by atoms with E-state index in [0.717, 1.165) is 11.5 Å². The van der Waals surface area contributed by atoms with E-state index in [0.29, 0.717) is 17.5 Å². The minimum atomic E-state index is -0.394. The van der Waals surface area contributed by atoms with Crippen molar-refractivity contribution in [3.8, 4) is 11.6 Å². The van der Waals surface area contributed by atoms with Crippen molar-refractivity contribution in [1.82, 2.24) is 10.1 Å². The summed E-state index contributed by atoms with van der Waals surface area (Å²) in [6.07, 6.45) is 1.17. The fourth-order valence-corrected chi connectivity index (χ4v) is 2.90. The average Bonchev–Trinajstić information content (AvgIpc) is 2.96. The average molecular weight is 238 g/mol. The van der Waals surface area contributed by atoms with Gasteiger partial charge in [0, 0.05) is 11.5 Å². The molecule has 84 valence electrons. The molecule has 3 heterocycles. The summed E-state index contributed by atoms with van der Waals surface area (Å²) in [5.41, 5.74) is 0. The molecule has 16 heavy (non-hydrogen) atoms. The minimum Gasteiger partial charge on any atom is -0.461 e. The van der Waals surface area contributed by atoms with Crippen molar-refractivity contribution >= 4 is 11.8 Å². The van der Waals surface area contributed by atoms with E-state index in [1.54, 1.807) is 30.2 Å². The summed E-state index contributed by atoms with van der Waals surface area (Å²) in [5, 5.41) is 13.5. The van der Waals surface area contributed by atoms with Crippen LogP contribution in [0.3, 0.4) is 0 Å². The molecule has 0 radical (unpaired) electrons. The third-order valence-corrected chi connectivity index (χ3v) is 3.72. The standard InChI is InChI=1S/C10H10N2O3S/c13-7-5-16-4-6(7)10-11-9(12-15-10)8-2-1-3-14-8/h1-3,6-7,13H,4-5H2. The molecular formula is C10H10N2O3S. The minimum absolute atomic E-state index is 0.0544. The first-order chi connectivity index (χ1) is 7.84. The van der Waals surface area contributed by atoms with Gasteiger partial charge in [0.1, 0.15) is 0 Å². The van der Waals surface area contributed by atoms with E-state index in [1.165, 1.54) is 0 Å². The van der Waals surface area contributed by atoms with Gasteiger partial charge in [-0.15, -0.1) is 0 Å². The highest BCUT2D eigenvalue weighted by Crippen LogP contribution is 2.32. The number of aliphatic hydroxyl groups excluding tert-OH is 1. The van der Waals surface area contributed by atoms with Crippen molar-refractivity contribution < 1.29 is 14.0 Å². The van der Waals surface area contributed by atoms with Gasteiger partial charge in [-0.25, -0.2) is 0 Å². The lowest BCUT2D eigenvalue weighted by atomic mass is 10.1. The molecule has 0 saturated carbocycles. The lowest BCUT2D eigenvalue weighted by molar-refractivity contribution is 0.164. The van der Waals surface area contributed by atoms with Gasteiger partial charge in [-0.2, -0.15) is 16.7 Å². The fourth-order valence-electron chi connectivity index (χ4n) is 1.67. The van der Waals surface area contributed by atoms with Gasteiger partial charge in [-0.3, -0.25) is 0 Å². The summed E-state index contributed by atoms with van der Waals surface area (Å²) in [5.74, 6) is 2.99. The van der Waals surface area contributed by atoms with Gasteiger partial charge in [-0.05, 0) is 12.1 Å². The molecule has 1 aliphatic rings. The lowest BCUT2D eigenvalue weighted by Gasteiger charge is -2.06. The predicted octanol–water partition coefficient (Wildman–Crippen LogP) is 1.52. The summed E-state index contributed by atoms with van der Waals surface area (Å²) in [7, 11) is 0. The number of aromatic nitrogens is 2. The first-order valence-electron chi connectivity index (χ1n) is 4.98. The Hall–Kier alpha value is -1.27. The highest BCUT2D eigenvalue weighted by Gasteiger charge is 2.32. The van der Waals surface area contributed by atoms with E-state index in [-0.39, 0.29) is 5.92 Å². The zero-order valence-corrected chi connectivity index (χ0v) is 9.18. The highest BCUT2D eigenvalue weighted by molar-refractivity contribution is 7.99. The van der Waals surface area contributed by atoms with Crippen molar-refractivity contribution in [3.63, 3.8) is 0 Å². The third-order valence-electron chi connectivity index (χ3n) is 2.55. The normalized spacial score (nSPS) is 25.1. The van der Waals surface area contributed by atoms with Gasteiger partial charge in [-0.1, -0.05) is 5.16 Å². The van der Waals surface area contributed by atoms with Crippen LogP contribution in [-0.4, -0.2) is 32.9 Å². The van der Waals surface area contributed by atoms with E-state index in [4.69, 9.17) is 8.94 Å². The largest absolute Gasteiger partial charge is 0.461 e. The summed E-state index contributed by atoms with van der Waals surface area (Å²) < 4.78 is 10.3. The monoisotopic (exact) mass is 238 g/mol. The molecule has 2 atom stereocenters. The number of furan rings is 1. The molecule has 3 rings (SSSR count). The van der Waals surface area contributed by atoms with Crippen LogP contribution < -0.4 is 0 Å². The van der Waals surface area contributed by atoms with Crippen LogP contribution in [0.25, 0.3) is 11.6 Å². The summed E-state index contributed by atoms with van der Waals surface area (Å²) in [4.78, 5) is 4.24. The fraction of sp³-hybridized carbons (Fsp3) is 0.400. The first-order valence-corrected chi connectivity index (χ1v) is 6.13. The van der Waals surface area contributed by atoms with Crippen molar-refractivity contribution in [2.75, 3.05) is 11.5 Å². The molecule has 5 nitrogen and oxygen atoms in total. The topological polar surface area (TPSA) is 72.3 Å². The van der Waals surface area contributed by atoms with Crippen LogP contribution in [0.15, 0.2) is 27.3 Å². The number of rotatable bonds is 2. The zero-order valence-electron chi connectivity index (χ0n) is 8.37. The molecular weight excluding hydrogens is 228 g/mol. The molecule has 2 unspecified atom stereocenters. The van der Waals surface area contributed by atoms with Gasteiger partial charge in [0.15, 0.2) is 5.76 Å². The third kappa shape index (κ3) is 1.64. The zero-order chi connectivity index (χ0) is 11.0. The molecule has 1 saturated heterocycles. The number of thioether (sulfide) groups is 1. The molecule has 2 aromatic heterocycles. The summed E-state index contributed by atoms with van der Waals surface area (Å²) in [6.45, 7) is 0. The molecule has 0 spiro atoms. The maximum Gasteiger partial charge on any atom is 0.238 e. The Labute approximate surface area is 95.8 Å². The highest BCUT2D eigenvalue weighted by atomic mass is 32.2. The van der Waals surface area contributed by atoms with Crippen LogP contribution >= 0.6 is 11.8 Å². The molecule has 1 N–H and O–H groups in total. The number of hydrogen-bond acceptors (Lipinski definition) is 6. The Morgan fingerprint density at radius 3 is 3.06 bits per heavy atom. The Morgan fingerprint density at radius 2 is 2.38 bits per heavy atom. The Morgan fingerprint density at radius 1 is 1.44 bits per heavy atom. The molecule has 0 aliphatic carbocycles. The molecule has 2 aromatic rings. The second kappa shape index (κ2) is 3.95.